The molecular weight excluding hydrogens is 255 g/mol. The number of benzene rings is 2. The highest BCUT2D eigenvalue weighted by Gasteiger charge is 2.10. The van der Waals surface area contributed by atoms with E-state index in [9.17, 15) is 9.18 Å². The second-order valence-corrected chi connectivity index (χ2v) is 4.76. The molecule has 2 aromatic carbocycles. The average molecular weight is 272 g/mol. The predicted octanol–water partition coefficient (Wildman–Crippen LogP) is 3.96. The van der Waals surface area contributed by atoms with Crippen molar-refractivity contribution in [2.24, 2.45) is 0 Å². The van der Waals surface area contributed by atoms with Crippen molar-refractivity contribution in [1.29, 1.82) is 0 Å². The Morgan fingerprint density at radius 1 is 1.20 bits per heavy atom. The van der Waals surface area contributed by atoms with E-state index in [0.29, 0.717) is 18.4 Å². The molecule has 0 spiro atoms. The summed E-state index contributed by atoms with van der Waals surface area (Å²) in [5.74, 6) is -0.415. The van der Waals surface area contributed by atoms with Gasteiger partial charge in [-0.1, -0.05) is 29.8 Å². The van der Waals surface area contributed by atoms with Crippen LogP contribution in [0.3, 0.4) is 0 Å². The van der Waals surface area contributed by atoms with Gasteiger partial charge in [-0.25, -0.2) is 4.39 Å². The molecule has 0 aliphatic heterocycles. The van der Waals surface area contributed by atoms with Crippen molar-refractivity contribution in [2.75, 3.05) is 7.11 Å². The lowest BCUT2D eigenvalue weighted by Gasteiger charge is -2.05. The van der Waals surface area contributed by atoms with Crippen LogP contribution in [-0.4, -0.2) is 12.9 Å². The fraction of sp³-hybridized carbons (Fsp3) is 0.235. The topological polar surface area (TPSA) is 26.3 Å². The summed E-state index contributed by atoms with van der Waals surface area (Å²) in [5, 5.41) is 0. The number of ketones is 1. The maximum atomic E-state index is 13.5. The van der Waals surface area contributed by atoms with Crippen molar-refractivity contribution in [3.05, 3.63) is 65.0 Å². The third kappa shape index (κ3) is 3.44. The van der Waals surface area contributed by atoms with E-state index in [4.69, 9.17) is 4.74 Å². The standard InChI is InChI=1S/C17H17FO2/c1-12-4-3-5-13(10-12)6-8-16(19)14-7-9-17(20-2)15(18)11-14/h3-5,7,9-11H,6,8H2,1-2H3. The number of hydrogen-bond donors (Lipinski definition) is 0. The van der Waals surface area contributed by atoms with Gasteiger partial charge in [-0.15, -0.1) is 0 Å². The Labute approximate surface area is 118 Å². The van der Waals surface area contributed by atoms with Gasteiger partial charge in [-0.3, -0.25) is 4.79 Å². The van der Waals surface area contributed by atoms with E-state index in [1.54, 1.807) is 6.07 Å². The molecule has 3 heteroatoms. The molecule has 0 aliphatic rings. The van der Waals surface area contributed by atoms with Crippen molar-refractivity contribution in [2.45, 2.75) is 19.8 Å². The first-order chi connectivity index (χ1) is 9.60. The van der Waals surface area contributed by atoms with E-state index in [-0.39, 0.29) is 11.5 Å². The third-order valence-electron chi connectivity index (χ3n) is 3.20. The van der Waals surface area contributed by atoms with Gasteiger partial charge >= 0.3 is 0 Å². The first-order valence-corrected chi connectivity index (χ1v) is 6.52. The van der Waals surface area contributed by atoms with Gasteiger partial charge in [0, 0.05) is 12.0 Å². The van der Waals surface area contributed by atoms with Gasteiger partial charge in [0.15, 0.2) is 17.3 Å². The van der Waals surface area contributed by atoms with Gasteiger partial charge in [0.05, 0.1) is 7.11 Å². The number of halogens is 1. The number of aryl methyl sites for hydroxylation is 2. The van der Waals surface area contributed by atoms with Gasteiger partial charge in [-0.2, -0.15) is 0 Å². The van der Waals surface area contributed by atoms with E-state index >= 15 is 0 Å². The SMILES string of the molecule is COc1ccc(C(=O)CCc2cccc(C)c2)cc1F. The van der Waals surface area contributed by atoms with Crippen LogP contribution in [-0.2, 0) is 6.42 Å². The number of Topliss-reactive ketones (excluding diaryl/α,β-unsaturated/α-hetero) is 1. The zero-order chi connectivity index (χ0) is 14.5. The molecule has 2 nitrogen and oxygen atoms in total. The summed E-state index contributed by atoms with van der Waals surface area (Å²) in [6.45, 7) is 2.02. The minimum absolute atomic E-state index is 0.0620. The smallest absolute Gasteiger partial charge is 0.165 e. The number of carbonyl (C=O) groups is 1. The van der Waals surface area contributed by atoms with E-state index in [1.165, 1.54) is 24.8 Å². The highest BCUT2D eigenvalue weighted by Crippen LogP contribution is 2.19. The van der Waals surface area contributed by atoms with E-state index in [0.717, 1.165) is 5.56 Å². The summed E-state index contributed by atoms with van der Waals surface area (Å²) in [5.41, 5.74) is 2.67. The van der Waals surface area contributed by atoms with Crippen molar-refractivity contribution < 1.29 is 13.9 Å². The molecule has 0 heterocycles. The largest absolute Gasteiger partial charge is 0.494 e. The lowest BCUT2D eigenvalue weighted by atomic mass is 10.0. The second-order valence-electron chi connectivity index (χ2n) is 4.76. The summed E-state index contributed by atoms with van der Waals surface area (Å²) in [4.78, 5) is 12.0. The van der Waals surface area contributed by atoms with Crippen LogP contribution in [0.4, 0.5) is 4.39 Å². The molecule has 2 rings (SSSR count). The molecule has 104 valence electrons. The Balaban J connectivity index is 2.03. The van der Waals surface area contributed by atoms with Crippen LogP contribution in [0.15, 0.2) is 42.5 Å². The quantitative estimate of drug-likeness (QED) is 0.770. The first-order valence-electron chi connectivity index (χ1n) is 6.52. The molecule has 0 bridgehead atoms. The molecule has 0 unspecified atom stereocenters. The molecule has 0 amide bonds. The first kappa shape index (κ1) is 14.3. The zero-order valence-electron chi connectivity index (χ0n) is 11.7. The Hall–Kier alpha value is -2.16. The average Bonchev–Trinajstić information content (AvgIpc) is 2.44. The van der Waals surface area contributed by atoms with Crippen LogP contribution in [0.5, 0.6) is 5.75 Å². The van der Waals surface area contributed by atoms with Gasteiger partial charge in [0.25, 0.3) is 0 Å². The molecule has 0 aromatic heterocycles. The van der Waals surface area contributed by atoms with Crippen molar-refractivity contribution in [1.82, 2.24) is 0 Å². The zero-order valence-corrected chi connectivity index (χ0v) is 11.7. The molecule has 0 fully saturated rings. The summed E-state index contributed by atoms with van der Waals surface area (Å²) in [7, 11) is 1.40. The summed E-state index contributed by atoms with van der Waals surface area (Å²) in [6, 6.07) is 12.4. The number of carbonyl (C=O) groups excluding carboxylic acids is 1. The Kier molecular flexibility index (Phi) is 4.51. The number of hydrogen-bond acceptors (Lipinski definition) is 2. The summed E-state index contributed by atoms with van der Waals surface area (Å²) in [6.07, 6.45) is 1.03. The maximum absolute atomic E-state index is 13.5. The molecule has 0 aliphatic carbocycles. The van der Waals surface area contributed by atoms with Crippen LogP contribution in [0, 0.1) is 12.7 Å². The Morgan fingerprint density at radius 2 is 2.00 bits per heavy atom. The van der Waals surface area contributed by atoms with Gasteiger partial charge in [0.1, 0.15) is 0 Å². The molecule has 2 aromatic rings. The minimum Gasteiger partial charge on any atom is -0.494 e. The fourth-order valence-electron chi connectivity index (χ4n) is 2.11. The number of rotatable bonds is 5. The molecule has 0 saturated heterocycles. The van der Waals surface area contributed by atoms with Crippen LogP contribution < -0.4 is 4.74 Å². The molecule has 0 saturated carbocycles. The Morgan fingerprint density at radius 3 is 2.65 bits per heavy atom. The van der Waals surface area contributed by atoms with E-state index in [1.807, 2.05) is 25.1 Å². The normalized spacial score (nSPS) is 10.3. The highest BCUT2D eigenvalue weighted by molar-refractivity contribution is 5.96. The van der Waals surface area contributed by atoms with Crippen molar-refractivity contribution in [3.8, 4) is 5.75 Å². The van der Waals surface area contributed by atoms with Crippen molar-refractivity contribution >= 4 is 5.78 Å². The van der Waals surface area contributed by atoms with Crippen molar-refractivity contribution in [3.63, 3.8) is 0 Å². The van der Waals surface area contributed by atoms with Crippen LogP contribution in [0.25, 0.3) is 0 Å². The fourth-order valence-corrected chi connectivity index (χ4v) is 2.11. The van der Waals surface area contributed by atoms with Crippen LogP contribution in [0.2, 0.25) is 0 Å². The lowest BCUT2D eigenvalue weighted by molar-refractivity contribution is 0.0982. The van der Waals surface area contributed by atoms with Gasteiger partial charge in [-0.05, 0) is 37.1 Å². The molecule has 0 radical (unpaired) electrons. The minimum atomic E-state index is -0.506. The van der Waals surface area contributed by atoms with Gasteiger partial charge in [0.2, 0.25) is 0 Å². The predicted molar refractivity (Wildman–Crippen MR) is 76.8 cm³/mol. The highest BCUT2D eigenvalue weighted by atomic mass is 19.1. The van der Waals surface area contributed by atoms with Crippen LogP contribution >= 0.6 is 0 Å². The molecule has 0 atom stereocenters. The third-order valence-corrected chi connectivity index (χ3v) is 3.20. The lowest BCUT2D eigenvalue weighted by Crippen LogP contribution is -2.02. The van der Waals surface area contributed by atoms with E-state index < -0.39 is 5.82 Å². The monoisotopic (exact) mass is 272 g/mol. The number of ether oxygens (including phenoxy) is 1. The second kappa shape index (κ2) is 6.33. The van der Waals surface area contributed by atoms with Gasteiger partial charge < -0.3 is 4.74 Å². The molecular formula is C17H17FO2. The van der Waals surface area contributed by atoms with E-state index in [2.05, 4.69) is 6.07 Å². The summed E-state index contributed by atoms with van der Waals surface area (Å²) >= 11 is 0. The molecule has 20 heavy (non-hydrogen) atoms. The number of methoxy groups -OCH3 is 1. The van der Waals surface area contributed by atoms with Crippen LogP contribution in [0.1, 0.15) is 27.9 Å². The maximum Gasteiger partial charge on any atom is 0.165 e. The Bertz CT molecular complexity index is 620. The summed E-state index contributed by atoms with van der Waals surface area (Å²) < 4.78 is 18.4. The molecule has 0 N–H and O–H groups in total.